The van der Waals surface area contributed by atoms with Crippen molar-refractivity contribution in [2.24, 2.45) is 0 Å². The van der Waals surface area contributed by atoms with Crippen molar-refractivity contribution in [1.82, 2.24) is 0 Å². The van der Waals surface area contributed by atoms with Crippen molar-refractivity contribution < 1.29 is 10.2 Å². The number of phenolic OH excluding ortho intramolecular Hbond substituents is 2. The summed E-state index contributed by atoms with van der Waals surface area (Å²) >= 11 is 0. The first kappa shape index (κ1) is 8.88. The molecular formula is C12H12O2. The maximum atomic E-state index is 9.62. The maximum absolute atomic E-state index is 9.62. The first-order valence-electron chi connectivity index (χ1n) is 4.66. The van der Waals surface area contributed by atoms with E-state index < -0.39 is 0 Å². The van der Waals surface area contributed by atoms with Gasteiger partial charge in [-0.2, -0.15) is 0 Å². The summed E-state index contributed by atoms with van der Waals surface area (Å²) in [5.41, 5.74) is 0.860. The lowest BCUT2D eigenvalue weighted by Gasteiger charge is -2.05. The molecule has 2 aromatic carbocycles. The molecule has 0 saturated carbocycles. The maximum Gasteiger partial charge on any atom is 0.123 e. The molecule has 0 aliphatic carbocycles. The molecule has 2 N–H and O–H groups in total. The summed E-state index contributed by atoms with van der Waals surface area (Å²) < 4.78 is 0. The summed E-state index contributed by atoms with van der Waals surface area (Å²) in [6.45, 7) is 1.97. The lowest BCUT2D eigenvalue weighted by molar-refractivity contribution is 0.469. The normalized spacial score (nSPS) is 10.6. The third kappa shape index (κ3) is 1.29. The van der Waals surface area contributed by atoms with E-state index >= 15 is 0 Å². The molecule has 2 rings (SSSR count). The Morgan fingerprint density at radius 2 is 1.86 bits per heavy atom. The van der Waals surface area contributed by atoms with Gasteiger partial charge in [0.15, 0.2) is 0 Å². The monoisotopic (exact) mass is 188 g/mol. The molecule has 0 fully saturated rings. The Kier molecular flexibility index (Phi) is 2.04. The van der Waals surface area contributed by atoms with Gasteiger partial charge in [0.2, 0.25) is 0 Å². The second kappa shape index (κ2) is 3.22. The molecule has 2 heteroatoms. The van der Waals surface area contributed by atoms with E-state index in [-0.39, 0.29) is 5.75 Å². The zero-order valence-electron chi connectivity index (χ0n) is 7.99. The van der Waals surface area contributed by atoms with Crippen LogP contribution in [0.1, 0.15) is 12.5 Å². The fraction of sp³-hybridized carbons (Fsp3) is 0.167. The highest BCUT2D eigenvalue weighted by molar-refractivity contribution is 5.90. The molecule has 0 amide bonds. The van der Waals surface area contributed by atoms with Crippen molar-refractivity contribution in [3.05, 3.63) is 35.9 Å². The van der Waals surface area contributed by atoms with Crippen LogP contribution >= 0.6 is 0 Å². The van der Waals surface area contributed by atoms with Crippen LogP contribution in [0, 0.1) is 0 Å². The highest BCUT2D eigenvalue weighted by Crippen LogP contribution is 2.30. The quantitative estimate of drug-likeness (QED) is 0.722. The Balaban J connectivity index is 2.80. The van der Waals surface area contributed by atoms with Gasteiger partial charge in [0.1, 0.15) is 11.5 Å². The van der Waals surface area contributed by atoms with Crippen LogP contribution in [-0.2, 0) is 6.42 Å². The average molecular weight is 188 g/mol. The number of benzene rings is 2. The Morgan fingerprint density at radius 3 is 2.57 bits per heavy atom. The molecule has 0 radical (unpaired) electrons. The summed E-state index contributed by atoms with van der Waals surface area (Å²) in [6, 6.07) is 8.81. The minimum Gasteiger partial charge on any atom is -0.508 e. The molecule has 2 nitrogen and oxygen atoms in total. The number of aryl methyl sites for hydroxylation is 1. The van der Waals surface area contributed by atoms with Crippen LogP contribution in [0.4, 0.5) is 0 Å². The van der Waals surface area contributed by atoms with E-state index in [0.29, 0.717) is 5.75 Å². The van der Waals surface area contributed by atoms with Crippen LogP contribution in [0.25, 0.3) is 10.8 Å². The molecule has 2 aromatic rings. The largest absolute Gasteiger partial charge is 0.508 e. The smallest absolute Gasteiger partial charge is 0.123 e. The second-order valence-electron chi connectivity index (χ2n) is 3.33. The van der Waals surface area contributed by atoms with Crippen molar-refractivity contribution in [2.45, 2.75) is 13.3 Å². The van der Waals surface area contributed by atoms with E-state index in [1.165, 1.54) is 0 Å². The van der Waals surface area contributed by atoms with Crippen LogP contribution in [0.5, 0.6) is 11.5 Å². The molecule has 0 saturated heterocycles. The molecule has 0 atom stereocenters. The Labute approximate surface area is 82.4 Å². The average Bonchev–Trinajstić information content (AvgIpc) is 2.17. The van der Waals surface area contributed by atoms with Gasteiger partial charge in [0.25, 0.3) is 0 Å². The summed E-state index contributed by atoms with van der Waals surface area (Å²) in [5, 5.41) is 20.9. The summed E-state index contributed by atoms with van der Waals surface area (Å²) in [6.07, 6.45) is 0.760. The summed E-state index contributed by atoms with van der Waals surface area (Å²) in [7, 11) is 0. The minimum absolute atomic E-state index is 0.261. The number of rotatable bonds is 1. The van der Waals surface area contributed by atoms with Gasteiger partial charge < -0.3 is 10.2 Å². The molecule has 0 heterocycles. The lowest BCUT2D eigenvalue weighted by Crippen LogP contribution is -1.83. The zero-order valence-corrected chi connectivity index (χ0v) is 7.99. The molecule has 72 valence electrons. The van der Waals surface area contributed by atoms with Crippen LogP contribution < -0.4 is 0 Å². The topological polar surface area (TPSA) is 40.5 Å². The van der Waals surface area contributed by atoms with Crippen LogP contribution in [0.3, 0.4) is 0 Å². The molecule has 0 spiro atoms. The van der Waals surface area contributed by atoms with Gasteiger partial charge in [-0.1, -0.05) is 19.1 Å². The molecule has 0 aliphatic rings. The van der Waals surface area contributed by atoms with Gasteiger partial charge in [-0.05, 0) is 35.6 Å². The van der Waals surface area contributed by atoms with E-state index in [0.717, 1.165) is 22.8 Å². The van der Waals surface area contributed by atoms with Crippen molar-refractivity contribution in [2.75, 3.05) is 0 Å². The fourth-order valence-corrected chi connectivity index (χ4v) is 1.62. The fourth-order valence-electron chi connectivity index (χ4n) is 1.62. The molecule has 14 heavy (non-hydrogen) atoms. The predicted octanol–water partition coefficient (Wildman–Crippen LogP) is 2.81. The van der Waals surface area contributed by atoms with Gasteiger partial charge >= 0.3 is 0 Å². The molecule has 0 unspecified atom stereocenters. The zero-order chi connectivity index (χ0) is 10.1. The van der Waals surface area contributed by atoms with E-state index in [9.17, 15) is 10.2 Å². The van der Waals surface area contributed by atoms with Crippen molar-refractivity contribution in [3.8, 4) is 11.5 Å². The van der Waals surface area contributed by atoms with E-state index in [2.05, 4.69) is 0 Å². The second-order valence-corrected chi connectivity index (χ2v) is 3.33. The molecular weight excluding hydrogens is 176 g/mol. The Bertz CT molecular complexity index is 475. The number of aromatic hydroxyl groups is 2. The van der Waals surface area contributed by atoms with Crippen molar-refractivity contribution >= 4 is 10.8 Å². The van der Waals surface area contributed by atoms with Crippen LogP contribution in [0.2, 0.25) is 0 Å². The third-order valence-electron chi connectivity index (χ3n) is 2.44. The number of hydrogen-bond donors (Lipinski definition) is 2. The van der Waals surface area contributed by atoms with Crippen molar-refractivity contribution in [3.63, 3.8) is 0 Å². The third-order valence-corrected chi connectivity index (χ3v) is 2.44. The standard InChI is InChI=1S/C12H12O2/c1-2-8-6-10-9(7-12(8)14)4-3-5-11(10)13/h3-7,13-14H,2H2,1H3. The summed E-state index contributed by atoms with van der Waals surface area (Å²) in [4.78, 5) is 0. The van der Waals surface area contributed by atoms with Gasteiger partial charge in [0, 0.05) is 5.39 Å². The van der Waals surface area contributed by atoms with Crippen LogP contribution in [-0.4, -0.2) is 10.2 Å². The van der Waals surface area contributed by atoms with E-state index in [1.54, 1.807) is 18.2 Å². The van der Waals surface area contributed by atoms with Gasteiger partial charge in [-0.15, -0.1) is 0 Å². The highest BCUT2D eigenvalue weighted by Gasteiger charge is 2.04. The number of hydrogen-bond acceptors (Lipinski definition) is 2. The first-order chi connectivity index (χ1) is 6.72. The van der Waals surface area contributed by atoms with Gasteiger partial charge in [-0.3, -0.25) is 0 Å². The van der Waals surface area contributed by atoms with Crippen molar-refractivity contribution in [1.29, 1.82) is 0 Å². The predicted molar refractivity (Wildman–Crippen MR) is 56.7 cm³/mol. The van der Waals surface area contributed by atoms with E-state index in [4.69, 9.17) is 0 Å². The minimum atomic E-state index is 0.261. The van der Waals surface area contributed by atoms with Gasteiger partial charge in [-0.25, -0.2) is 0 Å². The number of fused-ring (bicyclic) bond motifs is 1. The lowest BCUT2D eigenvalue weighted by atomic mass is 10.0. The Morgan fingerprint density at radius 1 is 1.07 bits per heavy atom. The Hall–Kier alpha value is -1.70. The van der Waals surface area contributed by atoms with E-state index in [1.807, 2.05) is 19.1 Å². The molecule has 0 aliphatic heterocycles. The first-order valence-corrected chi connectivity index (χ1v) is 4.66. The van der Waals surface area contributed by atoms with Crippen LogP contribution in [0.15, 0.2) is 30.3 Å². The molecule has 0 bridgehead atoms. The molecule has 0 aromatic heterocycles. The number of phenols is 2. The van der Waals surface area contributed by atoms with Gasteiger partial charge in [0.05, 0.1) is 0 Å². The SMILES string of the molecule is CCc1cc2c(O)cccc2cc1O. The highest BCUT2D eigenvalue weighted by atomic mass is 16.3. The summed E-state index contributed by atoms with van der Waals surface area (Å²) in [5.74, 6) is 0.558.